The Morgan fingerprint density at radius 1 is 0.889 bits per heavy atom. The first-order valence-corrected chi connectivity index (χ1v) is 8.52. The molecule has 27 heavy (non-hydrogen) atoms. The topological polar surface area (TPSA) is 130 Å². The number of carbonyl (C=O) groups is 6. The average Bonchev–Trinajstić information content (AvgIpc) is 2.90. The van der Waals surface area contributed by atoms with Crippen LogP contribution in [-0.4, -0.2) is 52.8 Å². The van der Waals surface area contributed by atoms with Gasteiger partial charge < -0.3 is 5.32 Å². The molecule has 1 aromatic carbocycles. The van der Waals surface area contributed by atoms with E-state index in [1.165, 1.54) is 0 Å². The molecule has 1 unspecified atom stereocenters. The maximum absolute atomic E-state index is 12.2. The zero-order valence-electron chi connectivity index (χ0n) is 14.3. The lowest BCUT2D eigenvalue weighted by molar-refractivity contribution is -0.139. The molecule has 0 bridgehead atoms. The fourth-order valence-electron chi connectivity index (χ4n) is 3.08. The Morgan fingerprint density at radius 3 is 2.00 bits per heavy atom. The maximum atomic E-state index is 12.2. The van der Waals surface area contributed by atoms with Crippen LogP contribution in [-0.2, 0) is 19.2 Å². The molecule has 140 valence electrons. The smallest absolute Gasteiger partial charge is 0.287 e. The van der Waals surface area contributed by atoms with Crippen LogP contribution in [0.5, 0.6) is 0 Å². The lowest BCUT2D eigenvalue weighted by atomic mass is 10.0. The number of fused-ring (bicyclic) bond motifs is 1. The molecule has 1 aromatic rings. The lowest BCUT2D eigenvalue weighted by Gasteiger charge is -2.27. The number of Topliss-reactive ketones (excluding diaryl/α,β-unsaturated/α-hetero) is 1. The van der Waals surface area contributed by atoms with Gasteiger partial charge in [-0.3, -0.25) is 39.0 Å². The van der Waals surface area contributed by atoms with Gasteiger partial charge in [-0.15, -0.1) is 0 Å². The summed E-state index contributed by atoms with van der Waals surface area (Å²) in [6.07, 6.45) is 1.52. The normalized spacial score (nSPS) is 21.9. The minimum Gasteiger partial charge on any atom is -0.349 e. The first-order valence-electron chi connectivity index (χ1n) is 8.52. The van der Waals surface area contributed by atoms with Gasteiger partial charge in [0.1, 0.15) is 6.04 Å². The van der Waals surface area contributed by atoms with Crippen molar-refractivity contribution in [2.45, 2.75) is 31.7 Å². The van der Waals surface area contributed by atoms with Crippen LogP contribution < -0.4 is 10.6 Å². The Balaban J connectivity index is 0.000000221. The number of nitrogens with one attached hydrogen (secondary N) is 2. The van der Waals surface area contributed by atoms with Crippen LogP contribution in [0.1, 0.15) is 46.4 Å². The molecule has 0 aromatic heterocycles. The second kappa shape index (κ2) is 7.48. The van der Waals surface area contributed by atoms with Gasteiger partial charge in [0.2, 0.25) is 17.6 Å². The summed E-state index contributed by atoms with van der Waals surface area (Å²) in [5.74, 6) is -2.62. The highest BCUT2D eigenvalue weighted by Gasteiger charge is 2.44. The summed E-state index contributed by atoms with van der Waals surface area (Å²) in [4.78, 5) is 68.9. The van der Waals surface area contributed by atoms with Crippen LogP contribution in [0.2, 0.25) is 0 Å². The SMILES string of the molecule is O=C1CCC(N2C(=O)c3ccccc3C2=O)C(=O)N1.O=C1CCCNC1=O. The van der Waals surface area contributed by atoms with E-state index in [9.17, 15) is 28.8 Å². The summed E-state index contributed by atoms with van der Waals surface area (Å²) in [6, 6.07) is 5.55. The number of ketones is 1. The van der Waals surface area contributed by atoms with Crippen LogP contribution in [0, 0.1) is 0 Å². The summed E-state index contributed by atoms with van der Waals surface area (Å²) in [7, 11) is 0. The lowest BCUT2D eigenvalue weighted by Crippen LogP contribution is -2.54. The largest absolute Gasteiger partial charge is 0.349 e. The second-order valence-corrected chi connectivity index (χ2v) is 6.28. The molecule has 2 fully saturated rings. The van der Waals surface area contributed by atoms with Crippen LogP contribution in [0.3, 0.4) is 0 Å². The monoisotopic (exact) mass is 371 g/mol. The van der Waals surface area contributed by atoms with E-state index < -0.39 is 29.7 Å². The number of piperidine rings is 2. The number of amides is 5. The molecular formula is C18H17N3O6. The van der Waals surface area contributed by atoms with Gasteiger partial charge in [-0.1, -0.05) is 12.1 Å². The first-order chi connectivity index (χ1) is 12.9. The number of nitrogens with zero attached hydrogens (tertiary/aromatic N) is 1. The predicted octanol–water partition coefficient (Wildman–Crippen LogP) is -0.447. The van der Waals surface area contributed by atoms with Crippen LogP contribution in [0.25, 0.3) is 0 Å². The van der Waals surface area contributed by atoms with Crippen molar-refractivity contribution < 1.29 is 28.8 Å². The van der Waals surface area contributed by atoms with Crippen LogP contribution >= 0.6 is 0 Å². The highest BCUT2D eigenvalue weighted by Crippen LogP contribution is 2.26. The van der Waals surface area contributed by atoms with E-state index in [2.05, 4.69) is 10.6 Å². The molecule has 1 atom stereocenters. The highest BCUT2D eigenvalue weighted by molar-refractivity contribution is 6.36. The molecule has 9 heteroatoms. The molecule has 0 saturated carbocycles. The van der Waals surface area contributed by atoms with Gasteiger partial charge in [-0.25, -0.2) is 0 Å². The number of rotatable bonds is 1. The van der Waals surface area contributed by atoms with Crippen molar-refractivity contribution in [1.82, 2.24) is 15.5 Å². The van der Waals surface area contributed by atoms with Crippen LogP contribution in [0.4, 0.5) is 0 Å². The predicted molar refractivity (Wildman–Crippen MR) is 90.4 cm³/mol. The highest BCUT2D eigenvalue weighted by atomic mass is 16.2. The molecule has 3 aliphatic rings. The van der Waals surface area contributed by atoms with E-state index in [0.717, 1.165) is 11.3 Å². The van der Waals surface area contributed by atoms with Gasteiger partial charge in [0.25, 0.3) is 17.7 Å². The number of benzene rings is 1. The molecule has 9 nitrogen and oxygen atoms in total. The summed E-state index contributed by atoms with van der Waals surface area (Å²) in [6.45, 7) is 0.657. The zero-order valence-corrected chi connectivity index (χ0v) is 14.3. The Bertz CT molecular complexity index is 811. The molecule has 2 saturated heterocycles. The second-order valence-electron chi connectivity index (χ2n) is 6.28. The average molecular weight is 371 g/mol. The molecule has 0 radical (unpaired) electrons. The molecule has 3 heterocycles. The number of hydrogen-bond acceptors (Lipinski definition) is 6. The summed E-state index contributed by atoms with van der Waals surface area (Å²) in [5, 5.41) is 4.59. The van der Waals surface area contributed by atoms with E-state index in [4.69, 9.17) is 0 Å². The third-order valence-corrected chi connectivity index (χ3v) is 4.47. The molecule has 2 N–H and O–H groups in total. The summed E-state index contributed by atoms with van der Waals surface area (Å²) < 4.78 is 0. The minimum atomic E-state index is -0.898. The van der Waals surface area contributed by atoms with Gasteiger partial charge in [0.05, 0.1) is 11.1 Å². The Morgan fingerprint density at radius 2 is 1.52 bits per heavy atom. The molecule has 0 aliphatic carbocycles. The van der Waals surface area contributed by atoms with Crippen molar-refractivity contribution in [3.63, 3.8) is 0 Å². The van der Waals surface area contributed by atoms with Crippen molar-refractivity contribution >= 4 is 35.3 Å². The summed E-state index contributed by atoms with van der Waals surface area (Å²) >= 11 is 0. The molecular weight excluding hydrogens is 354 g/mol. The number of carbonyl (C=O) groups excluding carboxylic acids is 6. The van der Waals surface area contributed by atoms with Crippen molar-refractivity contribution in [2.24, 2.45) is 0 Å². The molecule has 0 spiro atoms. The van der Waals surface area contributed by atoms with E-state index >= 15 is 0 Å². The maximum Gasteiger partial charge on any atom is 0.287 e. The molecule has 3 aliphatic heterocycles. The van der Waals surface area contributed by atoms with Gasteiger partial charge in [0.15, 0.2) is 0 Å². The Labute approximate surface area is 154 Å². The van der Waals surface area contributed by atoms with Crippen molar-refractivity contribution in [2.75, 3.05) is 6.54 Å². The van der Waals surface area contributed by atoms with E-state index in [-0.39, 0.29) is 24.5 Å². The fourth-order valence-corrected chi connectivity index (χ4v) is 3.08. The fraction of sp³-hybridized carbons (Fsp3) is 0.333. The van der Waals surface area contributed by atoms with E-state index in [1.807, 2.05) is 0 Å². The third kappa shape index (κ3) is 3.62. The van der Waals surface area contributed by atoms with Crippen molar-refractivity contribution in [1.29, 1.82) is 0 Å². The van der Waals surface area contributed by atoms with Gasteiger partial charge in [-0.2, -0.15) is 0 Å². The zero-order chi connectivity index (χ0) is 19.6. The van der Waals surface area contributed by atoms with Crippen molar-refractivity contribution in [3.05, 3.63) is 35.4 Å². The standard InChI is InChI=1S/C13H10N2O4.C5H7NO2/c16-10-6-5-9(11(17)14-10)15-12(18)7-3-1-2-4-8(7)13(15)19;7-4-2-1-3-6-5(4)8/h1-4,9H,5-6H2,(H,14,16,17);1-3H2,(H,6,8). The number of imide groups is 2. The molecule has 5 amide bonds. The molecule has 4 rings (SSSR count). The Hall–Kier alpha value is -3.36. The van der Waals surface area contributed by atoms with Crippen molar-refractivity contribution in [3.8, 4) is 0 Å². The van der Waals surface area contributed by atoms with Gasteiger partial charge >= 0.3 is 0 Å². The van der Waals surface area contributed by atoms with Crippen LogP contribution in [0.15, 0.2) is 24.3 Å². The third-order valence-electron chi connectivity index (χ3n) is 4.47. The van der Waals surface area contributed by atoms with E-state index in [0.29, 0.717) is 24.1 Å². The minimum absolute atomic E-state index is 0.129. The van der Waals surface area contributed by atoms with E-state index in [1.54, 1.807) is 24.3 Å². The van der Waals surface area contributed by atoms with Gasteiger partial charge in [-0.05, 0) is 25.0 Å². The first kappa shape index (κ1) is 18.4. The summed E-state index contributed by atoms with van der Waals surface area (Å²) in [5.41, 5.74) is 0.606. The van der Waals surface area contributed by atoms with Gasteiger partial charge in [0, 0.05) is 19.4 Å². The quantitative estimate of drug-likeness (QED) is 0.508. The Kier molecular flexibility index (Phi) is 5.11. The number of hydrogen-bond donors (Lipinski definition) is 2.